The fourth-order valence-electron chi connectivity index (χ4n) is 1.81. The van der Waals surface area contributed by atoms with E-state index in [-0.39, 0.29) is 12.0 Å². The zero-order chi connectivity index (χ0) is 14.9. The van der Waals surface area contributed by atoms with Gasteiger partial charge in [0.1, 0.15) is 16.3 Å². The highest BCUT2D eigenvalue weighted by atomic mass is 32.1. The van der Waals surface area contributed by atoms with E-state index in [1.165, 1.54) is 6.33 Å². The molecule has 8 heteroatoms. The zero-order valence-corrected chi connectivity index (χ0v) is 11.7. The Bertz CT molecular complexity index is 746. The maximum atomic E-state index is 12.2. The van der Waals surface area contributed by atoms with E-state index in [1.807, 2.05) is 0 Å². The van der Waals surface area contributed by atoms with E-state index in [1.54, 1.807) is 13.8 Å². The van der Waals surface area contributed by atoms with E-state index in [4.69, 9.17) is 9.84 Å². The first-order valence-corrected chi connectivity index (χ1v) is 6.64. The first-order valence-electron chi connectivity index (χ1n) is 5.83. The van der Waals surface area contributed by atoms with Crippen LogP contribution >= 0.6 is 11.3 Å². The Morgan fingerprint density at radius 1 is 1.50 bits per heavy atom. The summed E-state index contributed by atoms with van der Waals surface area (Å²) in [5, 5.41) is 9.00. The number of nitrogens with zero attached hydrogens (tertiary/aromatic N) is 2. The Balaban J connectivity index is 2.61. The van der Waals surface area contributed by atoms with E-state index in [0.29, 0.717) is 15.3 Å². The number of aryl methyl sites for hydroxylation is 1. The number of thiophene rings is 1. The fraction of sp³-hybridized carbons (Fsp3) is 0.333. The van der Waals surface area contributed by atoms with Gasteiger partial charge in [0.05, 0.1) is 18.3 Å². The molecule has 0 fully saturated rings. The molecule has 0 aliphatic carbocycles. The zero-order valence-electron chi connectivity index (χ0n) is 10.9. The largest absolute Gasteiger partial charge is 0.480 e. The van der Waals surface area contributed by atoms with Crippen molar-refractivity contribution in [2.24, 2.45) is 0 Å². The molecule has 0 spiro atoms. The summed E-state index contributed by atoms with van der Waals surface area (Å²) in [6.07, 6.45) is 1.17. The molecule has 0 amide bonds. The van der Waals surface area contributed by atoms with Crippen LogP contribution in [0, 0.1) is 6.92 Å². The van der Waals surface area contributed by atoms with Gasteiger partial charge >= 0.3 is 11.9 Å². The van der Waals surface area contributed by atoms with Crippen molar-refractivity contribution < 1.29 is 19.4 Å². The van der Waals surface area contributed by atoms with Crippen molar-refractivity contribution >= 4 is 33.5 Å². The van der Waals surface area contributed by atoms with Crippen LogP contribution in [0.15, 0.2) is 11.1 Å². The summed E-state index contributed by atoms with van der Waals surface area (Å²) in [5.41, 5.74) is 0.00221. The van der Waals surface area contributed by atoms with Gasteiger partial charge in [-0.3, -0.25) is 14.2 Å². The topological polar surface area (TPSA) is 98.5 Å². The van der Waals surface area contributed by atoms with Crippen LogP contribution in [0.1, 0.15) is 22.2 Å². The van der Waals surface area contributed by atoms with Crippen molar-refractivity contribution in [3.63, 3.8) is 0 Å². The molecule has 106 valence electrons. The second kappa shape index (κ2) is 5.41. The molecule has 20 heavy (non-hydrogen) atoms. The number of hydrogen-bond donors (Lipinski definition) is 1. The lowest BCUT2D eigenvalue weighted by molar-refractivity contribution is -0.137. The summed E-state index contributed by atoms with van der Waals surface area (Å²) < 4.78 is 5.91. The van der Waals surface area contributed by atoms with Crippen LogP contribution in [0.5, 0.6) is 0 Å². The minimum atomic E-state index is -1.13. The van der Waals surface area contributed by atoms with Crippen molar-refractivity contribution in [3.05, 3.63) is 27.1 Å². The summed E-state index contributed by atoms with van der Waals surface area (Å²) in [7, 11) is 0. The first-order chi connectivity index (χ1) is 9.45. The molecule has 0 bridgehead atoms. The maximum Gasteiger partial charge on any atom is 0.348 e. The van der Waals surface area contributed by atoms with Crippen LogP contribution in [0.3, 0.4) is 0 Å². The average Bonchev–Trinajstić information content (AvgIpc) is 2.71. The van der Waals surface area contributed by atoms with Crippen molar-refractivity contribution in [1.82, 2.24) is 9.55 Å². The van der Waals surface area contributed by atoms with Crippen molar-refractivity contribution in [2.75, 3.05) is 6.61 Å². The van der Waals surface area contributed by atoms with Gasteiger partial charge < -0.3 is 9.84 Å². The molecule has 0 atom stereocenters. The number of ether oxygens (including phenoxy) is 1. The smallest absolute Gasteiger partial charge is 0.348 e. The molecular formula is C12H12N2O5S. The normalized spacial score (nSPS) is 10.7. The Morgan fingerprint density at radius 2 is 2.20 bits per heavy atom. The number of carbonyl (C=O) groups is 2. The Labute approximate surface area is 117 Å². The maximum absolute atomic E-state index is 12.2. The quantitative estimate of drug-likeness (QED) is 0.846. The van der Waals surface area contributed by atoms with Crippen LogP contribution in [0.2, 0.25) is 0 Å². The van der Waals surface area contributed by atoms with Gasteiger partial charge in [0.2, 0.25) is 0 Å². The molecule has 0 aliphatic rings. The molecule has 7 nitrogen and oxygen atoms in total. The molecule has 2 rings (SSSR count). The lowest BCUT2D eigenvalue weighted by Gasteiger charge is -2.01. The number of esters is 1. The Morgan fingerprint density at radius 3 is 2.80 bits per heavy atom. The minimum Gasteiger partial charge on any atom is -0.480 e. The molecule has 0 radical (unpaired) electrons. The van der Waals surface area contributed by atoms with E-state index in [0.717, 1.165) is 15.9 Å². The highest BCUT2D eigenvalue weighted by Crippen LogP contribution is 2.27. The van der Waals surface area contributed by atoms with Crippen LogP contribution in [0.4, 0.5) is 0 Å². The molecule has 0 aromatic carbocycles. The Kier molecular flexibility index (Phi) is 3.84. The number of carbonyl (C=O) groups excluding carboxylic acids is 1. The van der Waals surface area contributed by atoms with Crippen LogP contribution in [-0.2, 0) is 16.1 Å². The van der Waals surface area contributed by atoms with Crippen LogP contribution < -0.4 is 5.56 Å². The third-order valence-corrected chi connectivity index (χ3v) is 3.86. The number of carboxylic acids is 1. The van der Waals surface area contributed by atoms with Crippen molar-refractivity contribution in [2.45, 2.75) is 20.4 Å². The highest BCUT2D eigenvalue weighted by Gasteiger charge is 2.20. The van der Waals surface area contributed by atoms with Gasteiger partial charge in [0.25, 0.3) is 5.56 Å². The summed E-state index contributed by atoms with van der Waals surface area (Å²) >= 11 is 1.07. The number of aliphatic carboxylic acids is 1. The summed E-state index contributed by atoms with van der Waals surface area (Å²) in [5.74, 6) is -1.64. The Hall–Kier alpha value is -2.22. The fourth-order valence-corrected chi connectivity index (χ4v) is 2.84. The van der Waals surface area contributed by atoms with Gasteiger partial charge in [0.15, 0.2) is 0 Å². The van der Waals surface area contributed by atoms with Gasteiger partial charge in [-0.25, -0.2) is 9.78 Å². The number of fused-ring (bicyclic) bond motifs is 1. The van der Waals surface area contributed by atoms with Gasteiger partial charge in [-0.05, 0) is 19.4 Å². The van der Waals surface area contributed by atoms with Crippen molar-refractivity contribution in [3.8, 4) is 0 Å². The summed E-state index contributed by atoms with van der Waals surface area (Å²) in [6, 6.07) is 0. The van der Waals surface area contributed by atoms with Crippen LogP contribution in [0.25, 0.3) is 10.2 Å². The minimum absolute atomic E-state index is 0.239. The average molecular weight is 296 g/mol. The molecule has 0 saturated carbocycles. The van der Waals surface area contributed by atoms with Gasteiger partial charge in [-0.15, -0.1) is 11.3 Å². The summed E-state index contributed by atoms with van der Waals surface area (Å²) in [4.78, 5) is 39.4. The molecular weight excluding hydrogens is 284 g/mol. The van der Waals surface area contributed by atoms with E-state index in [2.05, 4.69) is 4.98 Å². The molecule has 2 heterocycles. The second-order valence-electron chi connectivity index (χ2n) is 4.03. The van der Waals surface area contributed by atoms with Gasteiger partial charge in [-0.1, -0.05) is 0 Å². The lowest BCUT2D eigenvalue weighted by atomic mass is 10.2. The molecule has 0 unspecified atom stereocenters. The molecule has 0 saturated heterocycles. The second-order valence-corrected chi connectivity index (χ2v) is 5.03. The number of hydrogen-bond acceptors (Lipinski definition) is 6. The third kappa shape index (κ3) is 2.42. The van der Waals surface area contributed by atoms with E-state index in [9.17, 15) is 14.4 Å². The summed E-state index contributed by atoms with van der Waals surface area (Å²) in [6.45, 7) is 3.09. The SMILES string of the molecule is CCOC(=O)c1sc2ncn(CC(=O)O)c(=O)c2c1C. The third-order valence-electron chi connectivity index (χ3n) is 2.68. The first kappa shape index (κ1) is 14.2. The van der Waals surface area contributed by atoms with Gasteiger partial charge in [-0.2, -0.15) is 0 Å². The van der Waals surface area contributed by atoms with Gasteiger partial charge in [0, 0.05) is 0 Å². The predicted octanol–water partition coefficient (Wildman–Crippen LogP) is 1.03. The predicted molar refractivity (Wildman–Crippen MR) is 72.2 cm³/mol. The molecule has 2 aromatic heterocycles. The van der Waals surface area contributed by atoms with Crippen LogP contribution in [-0.4, -0.2) is 33.2 Å². The van der Waals surface area contributed by atoms with E-state index < -0.39 is 24.0 Å². The highest BCUT2D eigenvalue weighted by molar-refractivity contribution is 7.20. The van der Waals surface area contributed by atoms with Crippen molar-refractivity contribution in [1.29, 1.82) is 0 Å². The molecule has 0 aliphatic heterocycles. The molecule has 2 aromatic rings. The lowest BCUT2D eigenvalue weighted by Crippen LogP contribution is -2.24. The number of rotatable bonds is 4. The number of carboxylic acid groups (broad SMARTS) is 1. The number of aromatic nitrogens is 2. The van der Waals surface area contributed by atoms with E-state index >= 15 is 0 Å². The molecule has 1 N–H and O–H groups in total. The standard InChI is InChI=1S/C12H12N2O5S/c1-3-19-12(18)9-6(2)8-10(20-9)13-5-14(11(8)17)4-7(15)16/h5H,3-4H2,1-2H3,(H,15,16). The monoisotopic (exact) mass is 296 g/mol.